The Kier molecular flexibility index (Phi) is 6.17. The molecule has 37 heavy (non-hydrogen) atoms. The van der Waals surface area contributed by atoms with Gasteiger partial charge in [0.05, 0.1) is 11.3 Å². The van der Waals surface area contributed by atoms with Crippen LogP contribution in [-0.4, -0.2) is 70.7 Å². The van der Waals surface area contributed by atoms with Crippen LogP contribution in [0.25, 0.3) is 0 Å². The third-order valence-electron chi connectivity index (χ3n) is 7.31. The standard InChI is InChI=1S/C27H33N5O4S/c1-27(2,3)36-26(34)31-12-19(13-31)18-10-20(17-4-5-17)23-22(11-18)32(16-33)25-21(14-35-23)24(28-15-29-25)30-6-8-37-9-7-30/h10-11,15-17,19H,4-9,12-14H2,1-3H3. The summed E-state index contributed by atoms with van der Waals surface area (Å²) in [5.41, 5.74) is 3.31. The number of aromatic nitrogens is 2. The van der Waals surface area contributed by atoms with Crippen molar-refractivity contribution in [2.45, 2.75) is 57.7 Å². The van der Waals surface area contributed by atoms with Gasteiger partial charge >= 0.3 is 6.09 Å². The van der Waals surface area contributed by atoms with Gasteiger partial charge in [-0.25, -0.2) is 14.8 Å². The van der Waals surface area contributed by atoms with E-state index in [1.807, 2.05) is 38.6 Å². The molecule has 196 valence electrons. The van der Waals surface area contributed by atoms with Crippen LogP contribution in [0.4, 0.5) is 22.1 Å². The van der Waals surface area contributed by atoms with Gasteiger partial charge in [0, 0.05) is 43.6 Å². The van der Waals surface area contributed by atoms with Crippen molar-refractivity contribution in [3.05, 3.63) is 35.2 Å². The first kappa shape index (κ1) is 24.3. The lowest BCUT2D eigenvalue weighted by atomic mass is 9.89. The number of ether oxygens (including phenoxy) is 2. The van der Waals surface area contributed by atoms with Crippen LogP contribution in [0.3, 0.4) is 0 Å². The first-order valence-corrected chi connectivity index (χ1v) is 14.2. The first-order valence-electron chi connectivity index (χ1n) is 13.0. The number of hydrogen-bond donors (Lipinski definition) is 0. The number of rotatable bonds is 4. The molecule has 1 aliphatic carbocycles. The highest BCUT2D eigenvalue weighted by atomic mass is 32.2. The van der Waals surface area contributed by atoms with E-state index in [9.17, 15) is 9.59 Å². The molecule has 6 rings (SSSR count). The van der Waals surface area contributed by atoms with Crippen LogP contribution in [-0.2, 0) is 16.1 Å². The van der Waals surface area contributed by atoms with Crippen molar-refractivity contribution >= 4 is 41.6 Å². The molecule has 1 aromatic heterocycles. The maximum absolute atomic E-state index is 12.6. The fraction of sp³-hybridized carbons (Fsp3) is 0.556. The van der Waals surface area contributed by atoms with Gasteiger partial charge < -0.3 is 19.3 Å². The van der Waals surface area contributed by atoms with E-state index in [4.69, 9.17) is 9.47 Å². The Morgan fingerprint density at radius 3 is 2.51 bits per heavy atom. The normalized spacial score (nSPS) is 19.8. The Labute approximate surface area is 221 Å². The van der Waals surface area contributed by atoms with Crippen LogP contribution in [0.15, 0.2) is 18.5 Å². The van der Waals surface area contributed by atoms with E-state index in [2.05, 4.69) is 20.9 Å². The number of benzene rings is 1. The van der Waals surface area contributed by atoms with Crippen molar-refractivity contribution in [3.8, 4) is 5.75 Å². The van der Waals surface area contributed by atoms with Crippen molar-refractivity contribution in [1.82, 2.24) is 14.9 Å². The van der Waals surface area contributed by atoms with Gasteiger partial charge in [-0.15, -0.1) is 0 Å². The van der Waals surface area contributed by atoms with Gasteiger partial charge in [0.2, 0.25) is 6.41 Å². The highest BCUT2D eigenvalue weighted by Gasteiger charge is 2.39. The Bertz CT molecular complexity index is 1220. The van der Waals surface area contributed by atoms with E-state index in [1.54, 1.807) is 16.1 Å². The van der Waals surface area contributed by atoms with Crippen LogP contribution in [0.1, 0.15) is 62.1 Å². The minimum Gasteiger partial charge on any atom is -0.486 e. The zero-order valence-electron chi connectivity index (χ0n) is 21.6. The SMILES string of the molecule is CC(C)(C)OC(=O)N1CC(c2cc(C3CC3)c3c(c2)N(C=O)c2ncnc(N4CCSCC4)c2CO3)C1. The molecule has 3 aliphatic heterocycles. The number of carbonyl (C=O) groups excluding carboxylic acids is 2. The summed E-state index contributed by atoms with van der Waals surface area (Å²) < 4.78 is 12.0. The highest BCUT2D eigenvalue weighted by molar-refractivity contribution is 7.99. The molecule has 0 N–H and O–H groups in total. The number of likely N-dealkylation sites (tertiary alicyclic amines) is 1. The molecule has 3 fully saturated rings. The smallest absolute Gasteiger partial charge is 0.410 e. The number of anilines is 3. The van der Waals surface area contributed by atoms with Crippen molar-refractivity contribution < 1.29 is 19.1 Å². The zero-order valence-corrected chi connectivity index (χ0v) is 22.4. The molecule has 1 aromatic carbocycles. The van der Waals surface area contributed by atoms with Gasteiger partial charge in [0.1, 0.15) is 30.1 Å². The number of amides is 2. The molecular weight excluding hydrogens is 490 g/mol. The minimum atomic E-state index is -0.520. The first-order chi connectivity index (χ1) is 17.8. The second-order valence-electron chi connectivity index (χ2n) is 11.2. The molecule has 0 bridgehead atoms. The van der Waals surface area contributed by atoms with Gasteiger partial charge in [-0.2, -0.15) is 11.8 Å². The molecule has 10 heteroatoms. The van der Waals surface area contributed by atoms with E-state index in [-0.39, 0.29) is 12.0 Å². The summed E-state index contributed by atoms with van der Waals surface area (Å²) in [6.07, 6.45) is 4.32. The zero-order chi connectivity index (χ0) is 25.7. The molecule has 2 amide bonds. The van der Waals surface area contributed by atoms with Crippen LogP contribution < -0.4 is 14.5 Å². The van der Waals surface area contributed by atoms with Crippen molar-refractivity contribution in [3.63, 3.8) is 0 Å². The van der Waals surface area contributed by atoms with Gasteiger partial charge in [-0.3, -0.25) is 9.69 Å². The van der Waals surface area contributed by atoms with Gasteiger partial charge in [0.25, 0.3) is 0 Å². The molecule has 0 atom stereocenters. The molecular formula is C27H33N5O4S. The summed E-state index contributed by atoms with van der Waals surface area (Å²) in [4.78, 5) is 39.9. The second kappa shape index (κ2) is 9.38. The number of carbonyl (C=O) groups is 2. The molecule has 2 saturated heterocycles. The van der Waals surface area contributed by atoms with E-state index < -0.39 is 5.60 Å². The van der Waals surface area contributed by atoms with Gasteiger partial charge in [-0.05, 0) is 56.7 Å². The molecule has 4 aliphatic rings. The highest BCUT2D eigenvalue weighted by Crippen LogP contribution is 2.52. The maximum Gasteiger partial charge on any atom is 0.410 e. The van der Waals surface area contributed by atoms with E-state index in [0.717, 1.165) is 77.8 Å². The average Bonchev–Trinajstić information content (AvgIpc) is 3.68. The lowest BCUT2D eigenvalue weighted by Crippen LogP contribution is -2.50. The third-order valence-corrected chi connectivity index (χ3v) is 8.25. The summed E-state index contributed by atoms with van der Waals surface area (Å²) >= 11 is 1.94. The van der Waals surface area contributed by atoms with Gasteiger partial charge in [0.15, 0.2) is 5.82 Å². The lowest BCUT2D eigenvalue weighted by Gasteiger charge is -2.40. The monoisotopic (exact) mass is 523 g/mol. The topological polar surface area (TPSA) is 88.1 Å². The van der Waals surface area contributed by atoms with E-state index in [1.165, 1.54) is 0 Å². The van der Waals surface area contributed by atoms with Crippen LogP contribution in [0, 0.1) is 0 Å². The average molecular weight is 524 g/mol. The Balaban J connectivity index is 1.33. The predicted octanol–water partition coefficient (Wildman–Crippen LogP) is 4.43. The molecule has 0 spiro atoms. The van der Waals surface area contributed by atoms with Crippen LogP contribution >= 0.6 is 11.8 Å². The van der Waals surface area contributed by atoms with Crippen LogP contribution in [0.5, 0.6) is 5.75 Å². The lowest BCUT2D eigenvalue weighted by molar-refractivity contribution is -0.106. The minimum absolute atomic E-state index is 0.179. The summed E-state index contributed by atoms with van der Waals surface area (Å²) in [5.74, 6) is 4.90. The fourth-order valence-corrected chi connectivity index (χ4v) is 6.14. The molecule has 0 unspecified atom stereocenters. The van der Waals surface area contributed by atoms with Crippen molar-refractivity contribution in [2.24, 2.45) is 0 Å². The fourth-order valence-electron chi connectivity index (χ4n) is 5.24. The van der Waals surface area contributed by atoms with Crippen LogP contribution in [0.2, 0.25) is 0 Å². The molecule has 9 nitrogen and oxygen atoms in total. The van der Waals surface area contributed by atoms with E-state index in [0.29, 0.717) is 31.4 Å². The third kappa shape index (κ3) is 4.71. The Morgan fingerprint density at radius 1 is 1.11 bits per heavy atom. The largest absolute Gasteiger partial charge is 0.486 e. The summed E-state index contributed by atoms with van der Waals surface area (Å²) in [6.45, 7) is 8.96. The Hall–Kier alpha value is -3.01. The quantitative estimate of drug-likeness (QED) is 0.544. The number of fused-ring (bicyclic) bond motifs is 2. The molecule has 1 saturated carbocycles. The van der Waals surface area contributed by atoms with Crippen molar-refractivity contribution in [1.29, 1.82) is 0 Å². The second-order valence-corrected chi connectivity index (χ2v) is 12.4. The summed E-state index contributed by atoms with van der Waals surface area (Å²) in [7, 11) is 0. The number of thioether (sulfide) groups is 1. The summed E-state index contributed by atoms with van der Waals surface area (Å²) in [5, 5.41) is 0. The maximum atomic E-state index is 12.6. The van der Waals surface area contributed by atoms with E-state index >= 15 is 0 Å². The summed E-state index contributed by atoms with van der Waals surface area (Å²) in [6, 6.07) is 4.27. The van der Waals surface area contributed by atoms with Crippen molar-refractivity contribution in [2.75, 3.05) is 47.5 Å². The van der Waals surface area contributed by atoms with Gasteiger partial charge in [-0.1, -0.05) is 6.07 Å². The molecule has 4 heterocycles. The number of hydrogen-bond acceptors (Lipinski definition) is 8. The molecule has 2 aromatic rings. The number of nitrogens with zero attached hydrogens (tertiary/aromatic N) is 5. The Morgan fingerprint density at radius 2 is 1.84 bits per heavy atom. The molecule has 0 radical (unpaired) electrons. The predicted molar refractivity (Wildman–Crippen MR) is 143 cm³/mol.